The van der Waals surface area contributed by atoms with Crippen molar-refractivity contribution in [3.05, 3.63) is 48.5 Å². The molecule has 2 aromatic rings. The Bertz CT molecular complexity index is 891. The van der Waals surface area contributed by atoms with Gasteiger partial charge < -0.3 is 14.0 Å². The zero-order chi connectivity index (χ0) is 19.2. The van der Waals surface area contributed by atoms with E-state index < -0.39 is 28.2 Å². The molecule has 1 saturated heterocycles. The van der Waals surface area contributed by atoms with Gasteiger partial charge in [0.2, 0.25) is 0 Å². The number of ether oxygens (including phenoxy) is 1. The van der Waals surface area contributed by atoms with Gasteiger partial charge in [0.1, 0.15) is 11.5 Å². The summed E-state index contributed by atoms with van der Waals surface area (Å²) in [5, 5.41) is 0. The second kappa shape index (κ2) is 6.41. The minimum Gasteiger partial charge on any atom is -0.458 e. The molecule has 0 atom stereocenters. The van der Waals surface area contributed by atoms with E-state index in [1.807, 2.05) is 58.0 Å². The van der Waals surface area contributed by atoms with Gasteiger partial charge in [-0.25, -0.2) is 8.42 Å². The predicted octanol–water partition coefficient (Wildman–Crippen LogP) is 3.18. The van der Waals surface area contributed by atoms with Crippen LogP contribution < -0.4 is 10.2 Å². The fraction of sp³-hybridized carbons (Fsp3) is 0.368. The predicted molar refractivity (Wildman–Crippen MR) is 102 cm³/mol. The molecular formula is C19H23BO5S. The summed E-state index contributed by atoms with van der Waals surface area (Å²) in [6.45, 7) is 7.80. The summed E-state index contributed by atoms with van der Waals surface area (Å²) in [5.41, 5.74) is -0.526. The number of para-hydroxylation sites is 1. The van der Waals surface area contributed by atoms with Crippen LogP contribution in [0.25, 0.3) is 0 Å². The van der Waals surface area contributed by atoms with Gasteiger partial charge in [-0.05, 0) is 58.0 Å². The second-order valence-corrected chi connectivity index (χ2v) is 9.49. The summed E-state index contributed by atoms with van der Waals surface area (Å²) in [5.74, 6) is 1.15. The summed E-state index contributed by atoms with van der Waals surface area (Å²) in [6.07, 6.45) is 1.17. The molecule has 0 aromatic heterocycles. The van der Waals surface area contributed by atoms with Crippen LogP contribution in [-0.2, 0) is 19.1 Å². The minimum atomic E-state index is -3.37. The van der Waals surface area contributed by atoms with Gasteiger partial charge >= 0.3 is 7.12 Å². The smallest absolute Gasteiger partial charge is 0.458 e. The van der Waals surface area contributed by atoms with E-state index in [2.05, 4.69) is 0 Å². The quantitative estimate of drug-likeness (QED) is 0.770. The lowest BCUT2D eigenvalue weighted by molar-refractivity contribution is 0.00578. The maximum atomic E-state index is 12.0. The van der Waals surface area contributed by atoms with Crippen LogP contribution in [0.2, 0.25) is 0 Å². The molecule has 0 aliphatic carbocycles. The fourth-order valence-corrected chi connectivity index (χ4v) is 3.28. The molecule has 1 fully saturated rings. The topological polar surface area (TPSA) is 61.8 Å². The molecule has 2 aromatic carbocycles. The van der Waals surface area contributed by atoms with Crippen molar-refractivity contribution in [1.82, 2.24) is 0 Å². The van der Waals surface area contributed by atoms with E-state index in [0.29, 0.717) is 17.0 Å². The van der Waals surface area contributed by atoms with Gasteiger partial charge in [-0.3, -0.25) is 0 Å². The molecule has 26 heavy (non-hydrogen) atoms. The Labute approximate surface area is 155 Å². The summed E-state index contributed by atoms with van der Waals surface area (Å²) in [7, 11) is -4.09. The van der Waals surface area contributed by atoms with Crippen molar-refractivity contribution in [1.29, 1.82) is 0 Å². The molecule has 7 heteroatoms. The Hall–Kier alpha value is -1.83. The van der Waals surface area contributed by atoms with Crippen molar-refractivity contribution in [3.8, 4) is 11.5 Å². The van der Waals surface area contributed by atoms with Crippen LogP contribution in [0.5, 0.6) is 11.5 Å². The highest BCUT2D eigenvalue weighted by molar-refractivity contribution is 7.90. The molecule has 0 radical (unpaired) electrons. The molecule has 0 saturated carbocycles. The molecule has 1 aliphatic rings. The Morgan fingerprint density at radius 1 is 0.923 bits per heavy atom. The SMILES string of the molecule is CC1(C)OB(c2cc(S(C)(=O)=O)ccc2Oc2ccccc2)OC1(C)C. The summed E-state index contributed by atoms with van der Waals surface area (Å²) < 4.78 is 42.2. The van der Waals surface area contributed by atoms with E-state index in [-0.39, 0.29) is 4.90 Å². The highest BCUT2D eigenvalue weighted by Crippen LogP contribution is 2.37. The monoisotopic (exact) mass is 374 g/mol. The Kier molecular flexibility index (Phi) is 4.67. The average molecular weight is 374 g/mol. The van der Waals surface area contributed by atoms with Crippen LogP contribution in [0, 0.1) is 0 Å². The summed E-state index contributed by atoms with van der Waals surface area (Å²) >= 11 is 0. The third kappa shape index (κ3) is 3.65. The first-order valence-corrected chi connectivity index (χ1v) is 10.3. The normalized spacial score (nSPS) is 18.7. The number of benzene rings is 2. The Morgan fingerprint density at radius 3 is 2.04 bits per heavy atom. The molecule has 0 unspecified atom stereocenters. The van der Waals surface area contributed by atoms with E-state index in [1.165, 1.54) is 12.3 Å². The van der Waals surface area contributed by atoms with Gasteiger partial charge in [0.15, 0.2) is 9.84 Å². The second-order valence-electron chi connectivity index (χ2n) is 7.48. The van der Waals surface area contributed by atoms with Gasteiger partial charge in [0.25, 0.3) is 0 Å². The van der Waals surface area contributed by atoms with E-state index in [4.69, 9.17) is 14.0 Å². The molecule has 1 heterocycles. The van der Waals surface area contributed by atoms with E-state index in [0.717, 1.165) is 0 Å². The van der Waals surface area contributed by atoms with Gasteiger partial charge in [-0.1, -0.05) is 18.2 Å². The first-order chi connectivity index (χ1) is 12.0. The first kappa shape index (κ1) is 19.0. The number of hydrogen-bond acceptors (Lipinski definition) is 5. The molecule has 0 bridgehead atoms. The Morgan fingerprint density at radius 2 is 1.50 bits per heavy atom. The van der Waals surface area contributed by atoms with Crippen molar-refractivity contribution in [2.24, 2.45) is 0 Å². The number of sulfone groups is 1. The molecule has 0 spiro atoms. The standard InChI is InChI=1S/C19H23BO5S/c1-18(2)19(3,4)25-20(24-18)16-13-15(26(5,21)22)11-12-17(16)23-14-9-7-6-8-10-14/h6-13H,1-5H3. The van der Waals surface area contributed by atoms with Crippen molar-refractivity contribution in [2.45, 2.75) is 43.8 Å². The van der Waals surface area contributed by atoms with Gasteiger partial charge in [0, 0.05) is 11.7 Å². The molecule has 5 nitrogen and oxygen atoms in total. The fourth-order valence-electron chi connectivity index (χ4n) is 2.62. The first-order valence-electron chi connectivity index (χ1n) is 8.42. The lowest BCUT2D eigenvalue weighted by Crippen LogP contribution is -2.41. The summed E-state index contributed by atoms with van der Waals surface area (Å²) in [6, 6.07) is 14.0. The highest BCUT2D eigenvalue weighted by atomic mass is 32.2. The van der Waals surface area contributed by atoms with Gasteiger partial charge in [-0.2, -0.15) is 0 Å². The molecular weight excluding hydrogens is 351 g/mol. The zero-order valence-electron chi connectivity index (χ0n) is 15.6. The van der Waals surface area contributed by atoms with Crippen LogP contribution in [0.4, 0.5) is 0 Å². The third-order valence-electron chi connectivity index (χ3n) is 4.89. The van der Waals surface area contributed by atoms with Crippen LogP contribution in [0.1, 0.15) is 27.7 Å². The Balaban J connectivity index is 2.06. The lowest BCUT2D eigenvalue weighted by atomic mass is 9.78. The largest absolute Gasteiger partial charge is 0.498 e. The molecule has 0 N–H and O–H groups in total. The highest BCUT2D eigenvalue weighted by Gasteiger charge is 2.52. The molecule has 0 amide bonds. The molecule has 138 valence electrons. The van der Waals surface area contributed by atoms with Crippen molar-refractivity contribution < 1.29 is 22.5 Å². The average Bonchev–Trinajstić information content (AvgIpc) is 2.75. The van der Waals surface area contributed by atoms with Crippen LogP contribution in [0.15, 0.2) is 53.4 Å². The third-order valence-corrected chi connectivity index (χ3v) is 6.00. The molecule has 3 rings (SSSR count). The van der Waals surface area contributed by atoms with Crippen LogP contribution in [-0.4, -0.2) is 33.0 Å². The minimum absolute atomic E-state index is 0.197. The van der Waals surface area contributed by atoms with Crippen LogP contribution in [0.3, 0.4) is 0 Å². The van der Waals surface area contributed by atoms with E-state index in [1.54, 1.807) is 12.1 Å². The lowest BCUT2D eigenvalue weighted by Gasteiger charge is -2.32. The maximum absolute atomic E-state index is 12.0. The van der Waals surface area contributed by atoms with E-state index in [9.17, 15) is 8.42 Å². The zero-order valence-corrected chi connectivity index (χ0v) is 16.5. The van der Waals surface area contributed by atoms with Crippen molar-refractivity contribution in [2.75, 3.05) is 6.26 Å². The summed E-state index contributed by atoms with van der Waals surface area (Å²) in [4.78, 5) is 0.197. The van der Waals surface area contributed by atoms with Gasteiger partial charge in [0.05, 0.1) is 16.1 Å². The maximum Gasteiger partial charge on any atom is 0.498 e. The number of rotatable bonds is 4. The van der Waals surface area contributed by atoms with Gasteiger partial charge in [-0.15, -0.1) is 0 Å². The number of hydrogen-bond donors (Lipinski definition) is 0. The van der Waals surface area contributed by atoms with Crippen molar-refractivity contribution >= 4 is 22.4 Å². The molecule has 1 aliphatic heterocycles. The van der Waals surface area contributed by atoms with Crippen LogP contribution >= 0.6 is 0 Å². The van der Waals surface area contributed by atoms with Crippen molar-refractivity contribution in [3.63, 3.8) is 0 Å². The van der Waals surface area contributed by atoms with E-state index >= 15 is 0 Å².